The number of nitrogens with zero attached hydrogens (tertiary/aromatic N) is 2. The van der Waals surface area contributed by atoms with Gasteiger partial charge in [0, 0.05) is 24.7 Å². The lowest BCUT2D eigenvalue weighted by Gasteiger charge is -2.32. The molecular weight excluding hydrogens is 357 g/mol. The van der Waals surface area contributed by atoms with Crippen LogP contribution in [0.15, 0.2) is 24.7 Å². The van der Waals surface area contributed by atoms with Crippen molar-refractivity contribution < 1.29 is 4.74 Å². The second-order valence-corrected chi connectivity index (χ2v) is 6.95. The van der Waals surface area contributed by atoms with Gasteiger partial charge in [0.1, 0.15) is 0 Å². The molecule has 1 aliphatic heterocycles. The van der Waals surface area contributed by atoms with Crippen LogP contribution < -0.4 is 0 Å². The van der Waals surface area contributed by atoms with Gasteiger partial charge in [-0.2, -0.15) is 0 Å². The zero-order valence-corrected chi connectivity index (χ0v) is 14.8. The Morgan fingerprint density at radius 1 is 1.22 bits per heavy atom. The molecule has 0 aliphatic carbocycles. The lowest BCUT2D eigenvalue weighted by atomic mass is 10.1. The standard InChI is InChI=1S/C16H18Cl3N3O/c17-12-5-11(16(19)15(18)6-12)8-22-3-1-14(2-4-22)23-9-13-7-20-10-21-13/h5-7,10,14H,1-4,8-9H2,(H,20,21). The maximum Gasteiger partial charge on any atom is 0.0922 e. The van der Waals surface area contributed by atoms with Crippen LogP contribution in [-0.4, -0.2) is 34.1 Å². The van der Waals surface area contributed by atoms with Crippen LogP contribution in [0.2, 0.25) is 15.1 Å². The van der Waals surface area contributed by atoms with E-state index < -0.39 is 0 Å². The quantitative estimate of drug-likeness (QED) is 0.781. The predicted molar refractivity (Wildman–Crippen MR) is 93.1 cm³/mol. The van der Waals surface area contributed by atoms with Gasteiger partial charge in [0.15, 0.2) is 0 Å². The number of likely N-dealkylation sites (tertiary alicyclic amines) is 1. The maximum absolute atomic E-state index is 6.27. The highest BCUT2D eigenvalue weighted by molar-refractivity contribution is 6.43. The summed E-state index contributed by atoms with van der Waals surface area (Å²) in [5, 5.41) is 1.72. The fraction of sp³-hybridized carbons (Fsp3) is 0.438. The molecule has 0 atom stereocenters. The summed E-state index contributed by atoms with van der Waals surface area (Å²) < 4.78 is 5.92. The summed E-state index contributed by atoms with van der Waals surface area (Å²) in [5.74, 6) is 0. The van der Waals surface area contributed by atoms with Gasteiger partial charge >= 0.3 is 0 Å². The number of benzene rings is 1. The zero-order valence-electron chi connectivity index (χ0n) is 12.6. The summed E-state index contributed by atoms with van der Waals surface area (Å²) in [5.41, 5.74) is 1.98. The molecule has 1 aromatic carbocycles. The van der Waals surface area contributed by atoms with Crippen molar-refractivity contribution in [3.63, 3.8) is 0 Å². The minimum atomic E-state index is 0.285. The van der Waals surface area contributed by atoms with E-state index in [1.807, 2.05) is 6.07 Å². The molecule has 1 aliphatic rings. The van der Waals surface area contributed by atoms with E-state index in [2.05, 4.69) is 14.9 Å². The number of ether oxygens (including phenoxy) is 1. The Balaban J connectivity index is 1.49. The van der Waals surface area contributed by atoms with E-state index in [9.17, 15) is 0 Å². The maximum atomic E-state index is 6.27. The van der Waals surface area contributed by atoms with Gasteiger partial charge in [-0.1, -0.05) is 34.8 Å². The highest BCUT2D eigenvalue weighted by atomic mass is 35.5. The Morgan fingerprint density at radius 3 is 2.70 bits per heavy atom. The molecule has 124 valence electrons. The molecule has 3 rings (SSSR count). The van der Waals surface area contributed by atoms with E-state index in [1.165, 1.54) is 0 Å². The molecule has 0 bridgehead atoms. The van der Waals surface area contributed by atoms with E-state index in [0.717, 1.165) is 43.7 Å². The molecule has 2 heterocycles. The Bertz CT molecular complexity index is 640. The van der Waals surface area contributed by atoms with Crippen LogP contribution in [0.3, 0.4) is 0 Å². The minimum Gasteiger partial charge on any atom is -0.372 e. The van der Waals surface area contributed by atoms with Crippen LogP contribution in [-0.2, 0) is 17.9 Å². The van der Waals surface area contributed by atoms with Gasteiger partial charge in [-0.3, -0.25) is 4.90 Å². The topological polar surface area (TPSA) is 41.1 Å². The van der Waals surface area contributed by atoms with E-state index in [1.54, 1.807) is 18.6 Å². The molecule has 1 saturated heterocycles. The van der Waals surface area contributed by atoms with Gasteiger partial charge < -0.3 is 9.72 Å². The fourth-order valence-corrected chi connectivity index (χ4v) is 3.47. The van der Waals surface area contributed by atoms with Crippen molar-refractivity contribution >= 4 is 34.8 Å². The lowest BCUT2D eigenvalue weighted by molar-refractivity contribution is -0.00510. The van der Waals surface area contributed by atoms with Crippen LogP contribution in [0.25, 0.3) is 0 Å². The molecule has 1 N–H and O–H groups in total. The van der Waals surface area contributed by atoms with Crippen molar-refractivity contribution in [1.82, 2.24) is 14.9 Å². The number of halogens is 3. The Labute approximate surface area is 150 Å². The second-order valence-electron chi connectivity index (χ2n) is 5.72. The van der Waals surface area contributed by atoms with Crippen LogP contribution in [0.4, 0.5) is 0 Å². The van der Waals surface area contributed by atoms with E-state index in [-0.39, 0.29) is 6.10 Å². The number of imidazole rings is 1. The predicted octanol–water partition coefficient (Wildman–Crippen LogP) is 4.55. The summed E-state index contributed by atoms with van der Waals surface area (Å²) in [4.78, 5) is 9.39. The average Bonchev–Trinajstić information content (AvgIpc) is 3.05. The third kappa shape index (κ3) is 4.61. The number of rotatable bonds is 5. The third-order valence-electron chi connectivity index (χ3n) is 4.03. The first-order valence-corrected chi connectivity index (χ1v) is 8.70. The first kappa shape index (κ1) is 17.1. The largest absolute Gasteiger partial charge is 0.372 e. The highest BCUT2D eigenvalue weighted by Crippen LogP contribution is 2.31. The van der Waals surface area contributed by atoms with Gasteiger partial charge in [0.25, 0.3) is 0 Å². The Kier molecular flexibility index (Phi) is 5.83. The number of nitrogens with one attached hydrogen (secondary N) is 1. The molecule has 4 nitrogen and oxygen atoms in total. The molecule has 0 amide bonds. The molecule has 0 saturated carbocycles. The van der Waals surface area contributed by atoms with Crippen LogP contribution in [0.5, 0.6) is 0 Å². The average molecular weight is 375 g/mol. The molecule has 23 heavy (non-hydrogen) atoms. The van der Waals surface area contributed by atoms with E-state index in [4.69, 9.17) is 39.5 Å². The molecule has 7 heteroatoms. The number of hydrogen-bond donors (Lipinski definition) is 1. The molecule has 0 spiro atoms. The fourth-order valence-electron chi connectivity index (χ4n) is 2.77. The van der Waals surface area contributed by atoms with Gasteiger partial charge in [-0.15, -0.1) is 0 Å². The lowest BCUT2D eigenvalue weighted by Crippen LogP contribution is -2.36. The summed E-state index contributed by atoms with van der Waals surface area (Å²) in [6.07, 6.45) is 5.74. The normalized spacial score (nSPS) is 16.8. The van der Waals surface area contributed by atoms with Crippen LogP contribution in [0.1, 0.15) is 24.1 Å². The summed E-state index contributed by atoms with van der Waals surface area (Å²) >= 11 is 18.4. The second kappa shape index (κ2) is 7.86. The van der Waals surface area contributed by atoms with Gasteiger partial charge in [0.05, 0.1) is 41.0 Å². The van der Waals surface area contributed by atoms with Crippen molar-refractivity contribution in [1.29, 1.82) is 0 Å². The Morgan fingerprint density at radius 2 is 2.00 bits per heavy atom. The van der Waals surface area contributed by atoms with Crippen LogP contribution in [0, 0.1) is 0 Å². The first-order chi connectivity index (χ1) is 11.1. The van der Waals surface area contributed by atoms with Crippen molar-refractivity contribution in [2.75, 3.05) is 13.1 Å². The highest BCUT2D eigenvalue weighted by Gasteiger charge is 2.21. The monoisotopic (exact) mass is 373 g/mol. The molecule has 0 unspecified atom stereocenters. The van der Waals surface area contributed by atoms with Crippen molar-refractivity contribution in [2.45, 2.75) is 32.1 Å². The van der Waals surface area contributed by atoms with Gasteiger partial charge in [-0.05, 0) is 30.5 Å². The van der Waals surface area contributed by atoms with Crippen molar-refractivity contribution in [3.8, 4) is 0 Å². The summed E-state index contributed by atoms with van der Waals surface area (Å²) in [7, 11) is 0. The molecular formula is C16H18Cl3N3O. The van der Waals surface area contributed by atoms with E-state index in [0.29, 0.717) is 21.7 Å². The number of hydrogen-bond acceptors (Lipinski definition) is 3. The number of aromatic nitrogens is 2. The SMILES string of the molecule is Clc1cc(Cl)c(Cl)c(CN2CCC(OCc3cnc[nH]3)CC2)c1. The van der Waals surface area contributed by atoms with Crippen molar-refractivity contribution in [3.05, 3.63) is 51.0 Å². The van der Waals surface area contributed by atoms with Gasteiger partial charge in [0.2, 0.25) is 0 Å². The van der Waals surface area contributed by atoms with Gasteiger partial charge in [-0.25, -0.2) is 4.98 Å². The number of H-pyrrole nitrogens is 1. The number of piperidine rings is 1. The first-order valence-electron chi connectivity index (χ1n) is 7.56. The summed E-state index contributed by atoms with van der Waals surface area (Å²) in [6.45, 7) is 3.27. The van der Waals surface area contributed by atoms with Crippen LogP contribution >= 0.6 is 34.8 Å². The molecule has 1 fully saturated rings. The zero-order chi connectivity index (χ0) is 16.2. The van der Waals surface area contributed by atoms with E-state index >= 15 is 0 Å². The molecule has 2 aromatic rings. The minimum absolute atomic E-state index is 0.285. The smallest absolute Gasteiger partial charge is 0.0922 e. The molecule has 1 aromatic heterocycles. The Hall–Kier alpha value is -0.780. The third-order valence-corrected chi connectivity index (χ3v) is 5.09. The van der Waals surface area contributed by atoms with Crippen molar-refractivity contribution in [2.24, 2.45) is 0 Å². The molecule has 0 radical (unpaired) electrons. The number of aromatic amines is 1. The summed E-state index contributed by atoms with van der Waals surface area (Å²) in [6, 6.07) is 3.56.